The van der Waals surface area contributed by atoms with E-state index in [9.17, 15) is 0 Å². The summed E-state index contributed by atoms with van der Waals surface area (Å²) in [6, 6.07) is 21.7. The highest BCUT2D eigenvalue weighted by Gasteiger charge is 2.42. The standard InChI is InChI=1S/C21H18N6/c1-3-7-16-14(5-1)18-11-13(21(16)17-8-4-2-6-15(17)18)12-22-19-9-10-20-23-25-26-27(20)24-19/h1-10,13,18,21H,11-12H2,(H,22,24). The third kappa shape index (κ3) is 2.19. The summed E-state index contributed by atoms with van der Waals surface area (Å²) in [7, 11) is 0. The van der Waals surface area contributed by atoms with Gasteiger partial charge in [-0.2, -0.15) is 0 Å². The van der Waals surface area contributed by atoms with Crippen molar-refractivity contribution in [3.8, 4) is 0 Å². The molecule has 6 nitrogen and oxygen atoms in total. The van der Waals surface area contributed by atoms with E-state index in [2.05, 4.69) is 74.5 Å². The summed E-state index contributed by atoms with van der Waals surface area (Å²) in [5.41, 5.74) is 6.64. The summed E-state index contributed by atoms with van der Waals surface area (Å²) in [4.78, 5) is 0. The van der Waals surface area contributed by atoms with E-state index in [-0.39, 0.29) is 0 Å². The molecule has 0 radical (unpaired) electrons. The second-order valence-electron chi connectivity index (χ2n) is 7.41. The number of benzene rings is 2. The zero-order chi connectivity index (χ0) is 17.8. The van der Waals surface area contributed by atoms with E-state index in [1.165, 1.54) is 33.3 Å². The van der Waals surface area contributed by atoms with Crippen molar-refractivity contribution in [2.45, 2.75) is 18.3 Å². The molecule has 132 valence electrons. The third-order valence-corrected chi connectivity index (χ3v) is 6.04. The van der Waals surface area contributed by atoms with E-state index in [4.69, 9.17) is 0 Å². The molecule has 2 aromatic carbocycles. The second-order valence-corrected chi connectivity index (χ2v) is 7.41. The van der Waals surface area contributed by atoms with Crippen molar-refractivity contribution in [3.63, 3.8) is 0 Å². The van der Waals surface area contributed by atoms with Crippen LogP contribution in [0, 0.1) is 5.92 Å². The van der Waals surface area contributed by atoms with E-state index in [1.54, 1.807) is 0 Å². The smallest absolute Gasteiger partial charge is 0.200 e. The minimum Gasteiger partial charge on any atom is -0.368 e. The molecule has 3 aliphatic carbocycles. The largest absolute Gasteiger partial charge is 0.368 e. The molecule has 0 spiro atoms. The normalized spacial score (nSPS) is 22.4. The molecule has 1 atom stereocenters. The van der Waals surface area contributed by atoms with Gasteiger partial charge >= 0.3 is 0 Å². The average Bonchev–Trinajstić information content (AvgIpc) is 3.20. The maximum atomic E-state index is 4.44. The van der Waals surface area contributed by atoms with Crippen molar-refractivity contribution in [3.05, 3.63) is 82.9 Å². The quantitative estimate of drug-likeness (QED) is 0.612. The van der Waals surface area contributed by atoms with Crippen LogP contribution in [0.3, 0.4) is 0 Å². The van der Waals surface area contributed by atoms with Crippen molar-refractivity contribution in [1.82, 2.24) is 25.3 Å². The van der Waals surface area contributed by atoms with Gasteiger partial charge in [-0.1, -0.05) is 48.5 Å². The zero-order valence-corrected chi connectivity index (χ0v) is 14.7. The van der Waals surface area contributed by atoms with Gasteiger partial charge in [0, 0.05) is 18.4 Å². The van der Waals surface area contributed by atoms with Crippen molar-refractivity contribution < 1.29 is 0 Å². The molecular weight excluding hydrogens is 336 g/mol. The van der Waals surface area contributed by atoms with Gasteiger partial charge in [0.15, 0.2) is 5.65 Å². The molecule has 0 saturated heterocycles. The number of tetrazole rings is 1. The number of fused-ring (bicyclic) bond motifs is 2. The Morgan fingerprint density at radius 3 is 2.33 bits per heavy atom. The molecule has 0 aliphatic heterocycles. The van der Waals surface area contributed by atoms with Crippen molar-refractivity contribution in [2.75, 3.05) is 11.9 Å². The predicted molar refractivity (Wildman–Crippen MR) is 102 cm³/mol. The van der Waals surface area contributed by atoms with Crippen LogP contribution in [0.4, 0.5) is 5.82 Å². The van der Waals surface area contributed by atoms with Gasteiger partial charge in [0.05, 0.1) is 0 Å². The first-order valence-electron chi connectivity index (χ1n) is 9.35. The topological polar surface area (TPSA) is 68.0 Å². The number of nitrogens with zero attached hydrogens (tertiary/aromatic N) is 5. The fourth-order valence-electron chi connectivity index (χ4n) is 4.94. The van der Waals surface area contributed by atoms with Crippen LogP contribution >= 0.6 is 0 Å². The lowest BCUT2D eigenvalue weighted by molar-refractivity contribution is 0.372. The van der Waals surface area contributed by atoms with Gasteiger partial charge in [0.1, 0.15) is 5.82 Å². The number of nitrogens with one attached hydrogen (secondary N) is 1. The van der Waals surface area contributed by atoms with Crippen molar-refractivity contribution in [2.24, 2.45) is 5.92 Å². The van der Waals surface area contributed by atoms with Gasteiger partial charge in [-0.05, 0) is 57.2 Å². The Kier molecular flexibility index (Phi) is 3.08. The van der Waals surface area contributed by atoms with Crippen LogP contribution in [-0.2, 0) is 0 Å². The Balaban J connectivity index is 1.34. The SMILES string of the molecule is c1ccc2c(c1)C1CC(CNc3ccc4nnnn4n3)C2c2ccccc21. The van der Waals surface area contributed by atoms with Gasteiger partial charge in [-0.15, -0.1) is 14.8 Å². The van der Waals surface area contributed by atoms with Crippen LogP contribution < -0.4 is 5.32 Å². The van der Waals surface area contributed by atoms with Crippen LogP contribution in [0.15, 0.2) is 60.7 Å². The summed E-state index contributed by atoms with van der Waals surface area (Å²) >= 11 is 0. The molecule has 27 heavy (non-hydrogen) atoms. The number of rotatable bonds is 3. The fourth-order valence-corrected chi connectivity index (χ4v) is 4.94. The number of hydrogen-bond donors (Lipinski definition) is 1. The van der Waals surface area contributed by atoms with Gasteiger partial charge in [-0.25, -0.2) is 0 Å². The highest BCUT2D eigenvalue weighted by Crippen LogP contribution is 2.55. The molecule has 0 saturated carbocycles. The summed E-state index contributed by atoms with van der Waals surface area (Å²) in [5, 5.41) is 19.4. The summed E-state index contributed by atoms with van der Waals surface area (Å²) in [5.74, 6) is 2.26. The lowest BCUT2D eigenvalue weighted by Crippen LogP contribution is -2.35. The van der Waals surface area contributed by atoms with E-state index in [0.717, 1.165) is 12.4 Å². The summed E-state index contributed by atoms with van der Waals surface area (Å²) in [6.07, 6.45) is 1.17. The molecule has 2 aromatic heterocycles. The number of anilines is 1. The third-order valence-electron chi connectivity index (χ3n) is 6.04. The van der Waals surface area contributed by atoms with Gasteiger partial charge < -0.3 is 5.32 Å². The van der Waals surface area contributed by atoms with E-state index in [0.29, 0.717) is 23.4 Å². The van der Waals surface area contributed by atoms with Crippen molar-refractivity contribution in [1.29, 1.82) is 0 Å². The molecule has 2 bridgehead atoms. The van der Waals surface area contributed by atoms with Crippen molar-refractivity contribution >= 4 is 11.5 Å². The van der Waals surface area contributed by atoms with Gasteiger partial charge in [0.2, 0.25) is 0 Å². The molecule has 1 unspecified atom stereocenters. The summed E-state index contributed by atoms with van der Waals surface area (Å²) < 4.78 is 1.46. The molecule has 3 aliphatic rings. The molecule has 1 N–H and O–H groups in total. The number of hydrogen-bond acceptors (Lipinski definition) is 5. The van der Waals surface area contributed by atoms with E-state index >= 15 is 0 Å². The Bertz CT molecular complexity index is 1100. The maximum Gasteiger partial charge on any atom is 0.200 e. The first-order chi connectivity index (χ1) is 13.4. The minimum absolute atomic E-state index is 0.437. The Morgan fingerprint density at radius 1 is 0.889 bits per heavy atom. The molecule has 0 amide bonds. The maximum absolute atomic E-state index is 4.44. The first kappa shape index (κ1) is 14.8. The van der Waals surface area contributed by atoms with E-state index in [1.807, 2.05) is 12.1 Å². The molecule has 0 fully saturated rings. The molecular formula is C21H18N6. The Hall–Kier alpha value is -3.28. The lowest BCUT2D eigenvalue weighted by atomic mass is 9.59. The molecule has 4 aromatic rings. The van der Waals surface area contributed by atoms with Gasteiger partial charge in [0.25, 0.3) is 0 Å². The van der Waals surface area contributed by atoms with Crippen LogP contribution in [0.2, 0.25) is 0 Å². The van der Waals surface area contributed by atoms with Crippen LogP contribution in [0.1, 0.15) is 40.5 Å². The predicted octanol–water partition coefficient (Wildman–Crippen LogP) is 3.23. The van der Waals surface area contributed by atoms with E-state index < -0.39 is 0 Å². The Morgan fingerprint density at radius 2 is 1.59 bits per heavy atom. The lowest BCUT2D eigenvalue weighted by Gasteiger charge is -2.45. The Labute approximate surface area is 156 Å². The second kappa shape index (κ2) is 5.61. The molecule has 2 heterocycles. The number of aromatic nitrogens is 5. The monoisotopic (exact) mass is 354 g/mol. The van der Waals surface area contributed by atoms with Crippen LogP contribution in [0.5, 0.6) is 0 Å². The molecule has 6 heteroatoms. The highest BCUT2D eigenvalue weighted by atomic mass is 15.6. The average molecular weight is 354 g/mol. The van der Waals surface area contributed by atoms with Gasteiger partial charge in [-0.3, -0.25) is 0 Å². The fraction of sp³-hybridized carbons (Fsp3) is 0.238. The zero-order valence-electron chi connectivity index (χ0n) is 14.7. The first-order valence-corrected chi connectivity index (χ1v) is 9.35. The van der Waals surface area contributed by atoms with Crippen LogP contribution in [0.25, 0.3) is 5.65 Å². The molecule has 7 rings (SSSR count). The van der Waals surface area contributed by atoms with Crippen LogP contribution in [-0.4, -0.2) is 31.8 Å². The summed E-state index contributed by atoms with van der Waals surface area (Å²) in [6.45, 7) is 0.879. The minimum atomic E-state index is 0.437. The highest BCUT2D eigenvalue weighted by molar-refractivity contribution is 5.56.